The van der Waals surface area contributed by atoms with Crippen LogP contribution in [0.15, 0.2) is 6.33 Å². The molecule has 0 atom stereocenters. The van der Waals surface area contributed by atoms with E-state index >= 15 is 0 Å². The Morgan fingerprint density at radius 2 is 2.25 bits per heavy atom. The minimum atomic E-state index is -0.722. The molecule has 0 amide bonds. The standard InChI is InChI=1S/C7H8FN3O/c8-6-5(9)7(11-3-10-6)12-4-1-2-4/h3-4H,1-2,9H2. The summed E-state index contributed by atoms with van der Waals surface area (Å²) in [6, 6.07) is 0. The molecule has 1 aliphatic rings. The van der Waals surface area contributed by atoms with Gasteiger partial charge in [-0.3, -0.25) is 0 Å². The van der Waals surface area contributed by atoms with Crippen LogP contribution in [0, 0.1) is 5.95 Å². The number of hydrogen-bond acceptors (Lipinski definition) is 4. The third-order valence-corrected chi connectivity index (χ3v) is 1.60. The molecule has 64 valence electrons. The fourth-order valence-electron chi connectivity index (χ4n) is 0.797. The van der Waals surface area contributed by atoms with Gasteiger partial charge in [-0.2, -0.15) is 9.37 Å². The highest BCUT2D eigenvalue weighted by Crippen LogP contribution is 2.28. The summed E-state index contributed by atoms with van der Waals surface area (Å²) in [5.41, 5.74) is 5.23. The second kappa shape index (κ2) is 2.58. The van der Waals surface area contributed by atoms with Gasteiger partial charge in [0, 0.05) is 0 Å². The molecule has 0 aliphatic heterocycles. The predicted molar refractivity (Wildman–Crippen MR) is 40.1 cm³/mol. The number of nitrogens with zero attached hydrogens (tertiary/aromatic N) is 2. The zero-order valence-electron chi connectivity index (χ0n) is 6.33. The normalized spacial score (nSPS) is 16.1. The minimum absolute atomic E-state index is 0.107. The van der Waals surface area contributed by atoms with Crippen molar-refractivity contribution in [3.8, 4) is 5.88 Å². The van der Waals surface area contributed by atoms with Crippen molar-refractivity contribution in [2.75, 3.05) is 5.73 Å². The topological polar surface area (TPSA) is 61.0 Å². The first-order chi connectivity index (χ1) is 5.77. The molecule has 12 heavy (non-hydrogen) atoms. The molecule has 0 radical (unpaired) electrons. The zero-order valence-corrected chi connectivity index (χ0v) is 6.33. The summed E-state index contributed by atoms with van der Waals surface area (Å²) in [5, 5.41) is 0. The predicted octanol–water partition coefficient (Wildman–Crippen LogP) is 0.739. The molecule has 1 heterocycles. The average molecular weight is 169 g/mol. The van der Waals surface area contributed by atoms with Crippen LogP contribution in [0.25, 0.3) is 0 Å². The van der Waals surface area contributed by atoms with Gasteiger partial charge < -0.3 is 10.5 Å². The van der Waals surface area contributed by atoms with Crippen molar-refractivity contribution < 1.29 is 9.13 Å². The Kier molecular flexibility index (Phi) is 1.56. The zero-order chi connectivity index (χ0) is 8.55. The third-order valence-electron chi connectivity index (χ3n) is 1.60. The fourth-order valence-corrected chi connectivity index (χ4v) is 0.797. The van der Waals surface area contributed by atoms with E-state index in [4.69, 9.17) is 10.5 Å². The molecule has 1 aliphatic carbocycles. The van der Waals surface area contributed by atoms with E-state index in [0.29, 0.717) is 0 Å². The number of hydrogen-bond donors (Lipinski definition) is 1. The summed E-state index contributed by atoms with van der Waals surface area (Å²) < 4.78 is 17.9. The molecule has 0 aromatic carbocycles. The van der Waals surface area contributed by atoms with Gasteiger partial charge in [0.15, 0.2) is 5.69 Å². The minimum Gasteiger partial charge on any atom is -0.473 e. The second-order valence-corrected chi connectivity index (χ2v) is 2.70. The molecule has 1 aromatic rings. The lowest BCUT2D eigenvalue weighted by Gasteiger charge is -2.04. The van der Waals surface area contributed by atoms with E-state index in [1.54, 1.807) is 0 Å². The van der Waals surface area contributed by atoms with Gasteiger partial charge in [0.05, 0.1) is 0 Å². The van der Waals surface area contributed by atoms with Gasteiger partial charge in [-0.15, -0.1) is 0 Å². The highest BCUT2D eigenvalue weighted by molar-refractivity contribution is 5.46. The van der Waals surface area contributed by atoms with Crippen molar-refractivity contribution in [2.24, 2.45) is 0 Å². The van der Waals surface area contributed by atoms with Crippen LogP contribution in [0.2, 0.25) is 0 Å². The van der Waals surface area contributed by atoms with Crippen molar-refractivity contribution in [1.82, 2.24) is 9.97 Å². The maximum Gasteiger partial charge on any atom is 0.243 e. The largest absolute Gasteiger partial charge is 0.473 e. The average Bonchev–Trinajstić information content (AvgIpc) is 2.83. The van der Waals surface area contributed by atoms with Gasteiger partial charge in [-0.05, 0) is 12.8 Å². The first kappa shape index (κ1) is 7.27. The number of anilines is 1. The van der Waals surface area contributed by atoms with Gasteiger partial charge >= 0.3 is 0 Å². The van der Waals surface area contributed by atoms with E-state index in [-0.39, 0.29) is 17.7 Å². The molecule has 2 rings (SSSR count). The maximum absolute atomic E-state index is 12.7. The molecule has 1 saturated carbocycles. The van der Waals surface area contributed by atoms with Gasteiger partial charge in [0.1, 0.15) is 12.4 Å². The van der Waals surface area contributed by atoms with Gasteiger partial charge in [-0.1, -0.05) is 0 Å². The smallest absolute Gasteiger partial charge is 0.243 e. The summed E-state index contributed by atoms with van der Waals surface area (Å²) in [5.74, 6) is -0.564. The van der Waals surface area contributed by atoms with E-state index in [1.807, 2.05) is 0 Å². The number of aromatic nitrogens is 2. The van der Waals surface area contributed by atoms with Crippen LogP contribution >= 0.6 is 0 Å². The molecule has 1 aromatic heterocycles. The molecule has 0 bridgehead atoms. The molecular weight excluding hydrogens is 161 g/mol. The van der Waals surface area contributed by atoms with Gasteiger partial charge in [0.25, 0.3) is 0 Å². The van der Waals surface area contributed by atoms with Crippen molar-refractivity contribution in [1.29, 1.82) is 0 Å². The summed E-state index contributed by atoms with van der Waals surface area (Å²) in [7, 11) is 0. The summed E-state index contributed by atoms with van der Waals surface area (Å²) in [6.07, 6.45) is 3.25. The van der Waals surface area contributed by atoms with Crippen LogP contribution in [0.3, 0.4) is 0 Å². The van der Waals surface area contributed by atoms with Crippen LogP contribution in [-0.4, -0.2) is 16.1 Å². The third kappa shape index (κ3) is 1.30. The monoisotopic (exact) mass is 169 g/mol. The van der Waals surface area contributed by atoms with E-state index in [0.717, 1.165) is 19.2 Å². The van der Waals surface area contributed by atoms with E-state index in [2.05, 4.69) is 9.97 Å². The molecule has 4 nitrogen and oxygen atoms in total. The quantitative estimate of drug-likeness (QED) is 0.663. The first-order valence-electron chi connectivity index (χ1n) is 3.70. The van der Waals surface area contributed by atoms with Crippen LogP contribution in [0.4, 0.5) is 10.1 Å². The maximum atomic E-state index is 12.7. The first-order valence-corrected chi connectivity index (χ1v) is 3.70. The Morgan fingerprint density at radius 1 is 1.50 bits per heavy atom. The number of rotatable bonds is 2. The Balaban J connectivity index is 2.23. The van der Waals surface area contributed by atoms with Crippen LogP contribution in [0.5, 0.6) is 5.88 Å². The fraction of sp³-hybridized carbons (Fsp3) is 0.429. The van der Waals surface area contributed by atoms with Crippen molar-refractivity contribution in [3.05, 3.63) is 12.3 Å². The highest BCUT2D eigenvalue weighted by Gasteiger charge is 2.25. The summed E-state index contributed by atoms with van der Waals surface area (Å²) in [4.78, 5) is 7.01. The second-order valence-electron chi connectivity index (χ2n) is 2.70. The lowest BCUT2D eigenvalue weighted by Crippen LogP contribution is -2.04. The molecule has 1 fully saturated rings. The van der Waals surface area contributed by atoms with E-state index < -0.39 is 5.95 Å². The number of nitrogens with two attached hydrogens (primary N) is 1. The van der Waals surface area contributed by atoms with Gasteiger partial charge in [-0.25, -0.2) is 4.98 Å². The number of halogens is 1. The van der Waals surface area contributed by atoms with Crippen molar-refractivity contribution in [3.63, 3.8) is 0 Å². The molecule has 0 spiro atoms. The number of ether oxygens (including phenoxy) is 1. The van der Waals surface area contributed by atoms with Crippen molar-refractivity contribution in [2.45, 2.75) is 18.9 Å². The SMILES string of the molecule is Nc1c(F)ncnc1OC1CC1. The number of nitrogen functional groups attached to an aromatic ring is 1. The molecule has 0 saturated heterocycles. The van der Waals surface area contributed by atoms with E-state index in [9.17, 15) is 4.39 Å². The Bertz CT molecular complexity index is 301. The molecule has 2 N–H and O–H groups in total. The lowest BCUT2D eigenvalue weighted by atomic mass is 10.5. The van der Waals surface area contributed by atoms with Crippen molar-refractivity contribution >= 4 is 5.69 Å². The van der Waals surface area contributed by atoms with E-state index in [1.165, 1.54) is 0 Å². The summed E-state index contributed by atoms with van der Waals surface area (Å²) >= 11 is 0. The molecule has 0 unspecified atom stereocenters. The molecule has 5 heteroatoms. The van der Waals surface area contributed by atoms with Gasteiger partial charge in [0.2, 0.25) is 11.8 Å². The Hall–Kier alpha value is -1.39. The molecular formula is C7H8FN3O. The van der Waals surface area contributed by atoms with Crippen LogP contribution in [0.1, 0.15) is 12.8 Å². The Morgan fingerprint density at radius 3 is 2.92 bits per heavy atom. The van der Waals surface area contributed by atoms with Crippen LogP contribution < -0.4 is 10.5 Å². The summed E-state index contributed by atoms with van der Waals surface area (Å²) in [6.45, 7) is 0. The lowest BCUT2D eigenvalue weighted by molar-refractivity contribution is 0.290. The van der Waals surface area contributed by atoms with Crippen LogP contribution in [-0.2, 0) is 0 Å². The Labute approximate surface area is 68.6 Å². The highest BCUT2D eigenvalue weighted by atomic mass is 19.1.